The maximum atomic E-state index is 14.3. The number of H-pyrrole nitrogens is 1. The van der Waals surface area contributed by atoms with E-state index in [4.69, 9.17) is 24.9 Å². The van der Waals surface area contributed by atoms with E-state index in [0.717, 1.165) is 51.8 Å². The van der Waals surface area contributed by atoms with Crippen LogP contribution in [-0.2, 0) is 32.1 Å². The first-order chi connectivity index (χ1) is 20.2. The summed E-state index contributed by atoms with van der Waals surface area (Å²) < 4.78 is 30.3. The van der Waals surface area contributed by atoms with Crippen molar-refractivity contribution in [1.29, 1.82) is 0 Å². The van der Waals surface area contributed by atoms with Crippen molar-refractivity contribution in [3.05, 3.63) is 45.8 Å². The number of aliphatic hydroxyl groups is 1. The molecule has 0 bridgehead atoms. The number of piperazine rings is 1. The monoisotopic (exact) mass is 609 g/mol. The van der Waals surface area contributed by atoms with Crippen LogP contribution in [0.3, 0.4) is 0 Å². The van der Waals surface area contributed by atoms with Crippen molar-refractivity contribution < 1.29 is 48.4 Å². The molecule has 0 radical (unpaired) electrons. The van der Waals surface area contributed by atoms with Crippen molar-refractivity contribution in [2.24, 2.45) is 0 Å². The fourth-order valence-electron chi connectivity index (χ4n) is 4.29. The second-order valence-electron chi connectivity index (χ2n) is 9.90. The van der Waals surface area contributed by atoms with Crippen molar-refractivity contribution >= 4 is 29.1 Å². The number of benzene rings is 1. The quantitative estimate of drug-likeness (QED) is 0.242. The first kappa shape index (κ1) is 34.7. The molecular formula is C27H33F2N5O9. The molecule has 1 saturated heterocycles. The minimum atomic E-state index is -2.16. The van der Waals surface area contributed by atoms with Crippen molar-refractivity contribution in [3.8, 4) is 17.0 Å². The number of rotatable bonds is 8. The number of aliphatic carboxylic acids is 2. The van der Waals surface area contributed by atoms with Crippen LogP contribution in [0.1, 0.15) is 26.0 Å². The third-order valence-electron chi connectivity index (χ3n) is 6.68. The highest BCUT2D eigenvalue weighted by molar-refractivity contribution is 5.85. The molecule has 43 heavy (non-hydrogen) atoms. The van der Waals surface area contributed by atoms with Crippen LogP contribution in [0.4, 0.5) is 8.78 Å². The minimum Gasteiger partial charge on any atom is -0.503 e. The molecule has 16 heteroatoms. The summed E-state index contributed by atoms with van der Waals surface area (Å²) in [5.74, 6) is -5.30. The second-order valence-corrected chi connectivity index (χ2v) is 9.90. The Bertz CT molecular complexity index is 1520. The number of aryl methyl sites for hydroxylation is 1. The predicted octanol–water partition coefficient (Wildman–Crippen LogP) is 0.898. The van der Waals surface area contributed by atoms with Crippen LogP contribution < -0.4 is 5.43 Å². The van der Waals surface area contributed by atoms with Crippen LogP contribution in [0.2, 0.25) is 0 Å². The van der Waals surface area contributed by atoms with E-state index in [1.807, 2.05) is 6.92 Å². The molecule has 1 fully saturated rings. The minimum absolute atomic E-state index is 0.250. The second kappa shape index (κ2) is 15.1. The topological polar surface area (TPSA) is 206 Å². The van der Waals surface area contributed by atoms with E-state index in [9.17, 15) is 28.3 Å². The molecule has 3 aromatic rings. The van der Waals surface area contributed by atoms with Gasteiger partial charge >= 0.3 is 18.1 Å². The molecule has 1 aliphatic rings. The van der Waals surface area contributed by atoms with E-state index in [-0.39, 0.29) is 17.2 Å². The van der Waals surface area contributed by atoms with Crippen LogP contribution in [0, 0.1) is 11.6 Å². The first-order valence-corrected chi connectivity index (χ1v) is 13.0. The number of nitrogens with one attached hydrogen (secondary N) is 1. The largest absolute Gasteiger partial charge is 0.503 e. The number of hydrogen-bond donors (Lipinski definition) is 5. The molecule has 5 N–H and O–H groups in total. The molecular weight excluding hydrogens is 576 g/mol. The zero-order chi connectivity index (χ0) is 32.5. The highest BCUT2D eigenvalue weighted by Gasteiger charge is 2.32. The summed E-state index contributed by atoms with van der Waals surface area (Å²) >= 11 is 0. The number of carboxylic acids is 2. The van der Waals surface area contributed by atoms with Gasteiger partial charge in [-0.2, -0.15) is 14.7 Å². The Morgan fingerprint density at radius 2 is 1.65 bits per heavy atom. The molecule has 0 saturated carbocycles. The number of likely N-dealkylation sites (N-methyl/N-ethyl adjacent to an activating group) is 1. The molecule has 14 nitrogen and oxygen atoms in total. The van der Waals surface area contributed by atoms with Gasteiger partial charge in [0.05, 0.1) is 35.3 Å². The van der Waals surface area contributed by atoms with E-state index in [1.54, 1.807) is 4.68 Å². The number of hydrogen-bond acceptors (Lipinski definition) is 10. The summed E-state index contributed by atoms with van der Waals surface area (Å²) in [5.41, 5.74) is -2.66. The average molecular weight is 610 g/mol. The molecule has 1 unspecified atom stereocenters. The van der Waals surface area contributed by atoms with Gasteiger partial charge < -0.3 is 30.3 Å². The number of nitrogens with zero attached hydrogens (tertiary/aromatic N) is 4. The number of aromatic hydroxyl groups is 1. The van der Waals surface area contributed by atoms with Gasteiger partial charge in [-0.1, -0.05) is 13.0 Å². The number of carbonyl (C=O) groups is 2. The van der Waals surface area contributed by atoms with Crippen LogP contribution >= 0.6 is 0 Å². The molecule has 1 atom stereocenters. The molecule has 4 rings (SSSR count). The number of carbonyl (C=O) groups excluding carboxylic acids is 2. The average Bonchev–Trinajstić information content (AvgIpc) is 3.28. The third-order valence-corrected chi connectivity index (χ3v) is 6.68. The molecule has 234 valence electrons. The lowest BCUT2D eigenvalue weighted by atomic mass is 10.0. The fraction of sp³-hybridized carbons (Fsp3) is 0.444. The zero-order valence-corrected chi connectivity index (χ0v) is 23.8. The first-order valence-electron chi connectivity index (χ1n) is 13.0. The lowest BCUT2D eigenvalue weighted by Gasteiger charge is -2.32. The lowest BCUT2D eigenvalue weighted by molar-refractivity contribution is -0.191. The van der Waals surface area contributed by atoms with E-state index in [0.29, 0.717) is 24.3 Å². The Kier molecular flexibility index (Phi) is 12.2. The molecule has 1 aromatic carbocycles. The number of carboxylic acid groups (broad SMARTS) is 2. The molecule has 2 aromatic heterocycles. The Balaban J connectivity index is 0.000000420. The summed E-state index contributed by atoms with van der Waals surface area (Å²) in [5, 5.41) is 40.3. The number of fused-ring (bicyclic) bond motifs is 1. The Morgan fingerprint density at radius 1 is 1.09 bits per heavy atom. The molecule has 1 aliphatic heterocycles. The molecule has 0 spiro atoms. The molecule has 0 amide bonds. The summed E-state index contributed by atoms with van der Waals surface area (Å²) in [4.78, 5) is 56.6. The van der Waals surface area contributed by atoms with Gasteiger partial charge in [-0.3, -0.25) is 14.5 Å². The highest BCUT2D eigenvalue weighted by Crippen LogP contribution is 2.31. The van der Waals surface area contributed by atoms with Gasteiger partial charge in [0.1, 0.15) is 17.3 Å². The lowest BCUT2D eigenvalue weighted by Crippen LogP contribution is -2.45. The normalized spacial score (nSPS) is 14.9. The summed E-state index contributed by atoms with van der Waals surface area (Å²) in [6, 6.07) is 3.41. The van der Waals surface area contributed by atoms with Crippen LogP contribution in [0.15, 0.2) is 23.0 Å². The molecule has 0 aliphatic carbocycles. The van der Waals surface area contributed by atoms with Crippen molar-refractivity contribution in [2.45, 2.75) is 38.8 Å². The zero-order valence-electron chi connectivity index (χ0n) is 23.8. The van der Waals surface area contributed by atoms with Gasteiger partial charge in [-0.25, -0.2) is 18.3 Å². The van der Waals surface area contributed by atoms with Gasteiger partial charge in [-0.15, -0.1) is 0 Å². The SMILES string of the molecule is CC(O)(CC(=O)O)C(=O)O.CCc1nn(CCN2CCN(C)CC2)c2[nH]c(-c3c(F)cccc3F)c(O)c(=O)c12.O=C=O. The van der Waals surface area contributed by atoms with E-state index in [1.165, 1.54) is 6.07 Å². The molecule has 3 heterocycles. The van der Waals surface area contributed by atoms with Crippen LogP contribution in [0.5, 0.6) is 5.75 Å². The van der Waals surface area contributed by atoms with Gasteiger partial charge in [0, 0.05) is 32.7 Å². The Labute approximate surface area is 243 Å². The Hall–Kier alpha value is -4.50. The van der Waals surface area contributed by atoms with Crippen molar-refractivity contribution in [2.75, 3.05) is 39.8 Å². The number of pyridine rings is 1. The standard InChI is InChI=1S/C21H25F2N5O2.C5H8O5.CO2/c1-3-15-17-19(29)20(30)18(16-13(22)5-4-6-14(16)23)24-21(17)28(25-15)12-11-27-9-7-26(2)8-10-27;1-5(10,4(8)9)2-3(6)7;2-1-3/h4-6,30H,3,7-12H2,1-2H3,(H,24,29);10H,2H2,1H3,(H,6,7)(H,8,9);. The van der Waals surface area contributed by atoms with E-state index < -0.39 is 52.3 Å². The van der Waals surface area contributed by atoms with Gasteiger partial charge in [-0.05, 0) is 32.5 Å². The van der Waals surface area contributed by atoms with E-state index >= 15 is 0 Å². The van der Waals surface area contributed by atoms with Gasteiger partial charge in [0.15, 0.2) is 11.4 Å². The van der Waals surface area contributed by atoms with Gasteiger partial charge in [0.2, 0.25) is 5.43 Å². The summed E-state index contributed by atoms with van der Waals surface area (Å²) in [7, 11) is 2.09. The Morgan fingerprint density at radius 3 is 2.12 bits per heavy atom. The smallest absolute Gasteiger partial charge is 0.373 e. The number of halogens is 2. The third kappa shape index (κ3) is 8.75. The van der Waals surface area contributed by atoms with Gasteiger partial charge in [0.25, 0.3) is 0 Å². The number of aromatic amines is 1. The van der Waals surface area contributed by atoms with E-state index in [2.05, 4.69) is 26.9 Å². The number of aromatic nitrogens is 3. The maximum absolute atomic E-state index is 14.3. The highest BCUT2D eigenvalue weighted by atomic mass is 19.1. The van der Waals surface area contributed by atoms with Crippen LogP contribution in [-0.4, -0.2) is 108 Å². The summed E-state index contributed by atoms with van der Waals surface area (Å²) in [6.07, 6.45) is -0.0454. The van der Waals surface area contributed by atoms with Crippen molar-refractivity contribution in [3.63, 3.8) is 0 Å². The van der Waals surface area contributed by atoms with Crippen molar-refractivity contribution in [1.82, 2.24) is 24.6 Å². The maximum Gasteiger partial charge on any atom is 0.373 e. The predicted molar refractivity (Wildman–Crippen MR) is 146 cm³/mol. The fourth-order valence-corrected chi connectivity index (χ4v) is 4.29. The summed E-state index contributed by atoms with van der Waals surface area (Å²) in [6.45, 7) is 7.92. The van der Waals surface area contributed by atoms with Crippen LogP contribution in [0.25, 0.3) is 22.3 Å².